The summed E-state index contributed by atoms with van der Waals surface area (Å²) in [6.07, 6.45) is 4.64. The van der Waals surface area contributed by atoms with Crippen LogP contribution in [-0.4, -0.2) is 34.8 Å². The van der Waals surface area contributed by atoms with Crippen LogP contribution in [0.3, 0.4) is 0 Å². The zero-order valence-corrected chi connectivity index (χ0v) is 15.4. The molecule has 0 spiro atoms. The lowest BCUT2D eigenvalue weighted by atomic mass is 10.2. The van der Waals surface area contributed by atoms with Gasteiger partial charge in [-0.15, -0.1) is 10.2 Å². The molecule has 0 amide bonds. The largest absolute Gasteiger partial charge is 0.497 e. The van der Waals surface area contributed by atoms with Gasteiger partial charge in [0.15, 0.2) is 5.82 Å². The van der Waals surface area contributed by atoms with E-state index < -0.39 is 0 Å². The van der Waals surface area contributed by atoms with Crippen LogP contribution in [0.2, 0.25) is 0 Å². The second-order valence-electron chi connectivity index (χ2n) is 6.03. The molecular formula is C18H25N4OS+. The van der Waals surface area contributed by atoms with Crippen LogP contribution in [0.4, 0.5) is 0 Å². The predicted molar refractivity (Wildman–Crippen MR) is 97.8 cm³/mol. The molecule has 2 aromatic heterocycles. The van der Waals surface area contributed by atoms with E-state index in [4.69, 9.17) is 4.74 Å². The number of rotatable bonds is 8. The van der Waals surface area contributed by atoms with E-state index in [1.54, 1.807) is 23.3 Å². The molecule has 0 radical (unpaired) electrons. The Labute approximate surface area is 146 Å². The fraction of sp³-hybridized carbons (Fsp3) is 0.444. The van der Waals surface area contributed by atoms with Crippen molar-refractivity contribution < 1.29 is 9.64 Å². The third-order valence-electron chi connectivity index (χ3n) is 4.14. The number of methoxy groups -OCH3 is 1. The Hall–Kier alpha value is -1.92. The fourth-order valence-corrected chi connectivity index (χ4v) is 4.01. The van der Waals surface area contributed by atoms with Crippen molar-refractivity contribution in [3.8, 4) is 17.1 Å². The third-order valence-corrected chi connectivity index (χ3v) is 5.11. The maximum atomic E-state index is 5.22. The molecule has 0 saturated carbocycles. The van der Waals surface area contributed by atoms with E-state index >= 15 is 0 Å². The van der Waals surface area contributed by atoms with E-state index in [9.17, 15) is 0 Å². The van der Waals surface area contributed by atoms with Crippen LogP contribution in [-0.2, 0) is 6.54 Å². The average Bonchev–Trinajstić information content (AvgIpc) is 3.15. The van der Waals surface area contributed by atoms with E-state index in [0.717, 1.165) is 28.6 Å². The molecule has 3 aromatic rings. The number of nitrogens with zero attached hydrogens (tertiary/aromatic N) is 3. The highest BCUT2D eigenvalue weighted by Crippen LogP contribution is 2.25. The molecule has 0 aliphatic heterocycles. The molecule has 0 atom stereocenters. The Balaban J connectivity index is 1.85. The highest BCUT2D eigenvalue weighted by atomic mass is 32.1. The fourth-order valence-electron chi connectivity index (χ4n) is 3.02. The molecule has 6 heteroatoms. The van der Waals surface area contributed by atoms with Crippen molar-refractivity contribution >= 4 is 16.3 Å². The van der Waals surface area contributed by atoms with Crippen molar-refractivity contribution in [3.05, 3.63) is 35.3 Å². The molecule has 3 rings (SSSR count). The van der Waals surface area contributed by atoms with Crippen molar-refractivity contribution in [1.29, 1.82) is 0 Å². The summed E-state index contributed by atoms with van der Waals surface area (Å²) < 4.78 is 7.33. The van der Waals surface area contributed by atoms with Gasteiger partial charge in [0.05, 0.1) is 25.1 Å². The molecule has 0 bridgehead atoms. The van der Waals surface area contributed by atoms with Crippen molar-refractivity contribution in [2.45, 2.75) is 33.2 Å². The Kier molecular flexibility index (Phi) is 5.48. The lowest BCUT2D eigenvalue weighted by Gasteiger charge is -2.16. The van der Waals surface area contributed by atoms with Crippen molar-refractivity contribution in [3.63, 3.8) is 0 Å². The second kappa shape index (κ2) is 7.77. The lowest BCUT2D eigenvalue weighted by Crippen LogP contribution is -3.10. The highest BCUT2D eigenvalue weighted by molar-refractivity contribution is 7.17. The minimum Gasteiger partial charge on any atom is -0.497 e. The van der Waals surface area contributed by atoms with Crippen molar-refractivity contribution in [2.75, 3.05) is 20.2 Å². The molecule has 128 valence electrons. The van der Waals surface area contributed by atoms with Gasteiger partial charge in [0, 0.05) is 11.8 Å². The van der Waals surface area contributed by atoms with Crippen LogP contribution in [0.1, 0.15) is 31.6 Å². The average molecular weight is 345 g/mol. The summed E-state index contributed by atoms with van der Waals surface area (Å²) in [7, 11) is 1.68. The second-order valence-corrected chi connectivity index (χ2v) is 7.12. The van der Waals surface area contributed by atoms with Crippen LogP contribution >= 0.6 is 11.3 Å². The number of ether oxygens (including phenoxy) is 1. The molecule has 0 unspecified atom stereocenters. The monoisotopic (exact) mass is 345 g/mol. The van der Waals surface area contributed by atoms with Gasteiger partial charge in [0.25, 0.3) is 0 Å². The molecule has 1 aromatic carbocycles. The van der Waals surface area contributed by atoms with E-state index in [2.05, 4.69) is 34.6 Å². The Morgan fingerprint density at radius 3 is 2.42 bits per heavy atom. The molecule has 0 saturated heterocycles. The highest BCUT2D eigenvalue weighted by Gasteiger charge is 2.15. The van der Waals surface area contributed by atoms with E-state index in [1.807, 2.05) is 24.3 Å². The van der Waals surface area contributed by atoms with Gasteiger partial charge in [-0.05, 0) is 37.1 Å². The number of nitrogens with one attached hydrogen (secondary N) is 1. The van der Waals surface area contributed by atoms with Gasteiger partial charge in [0.2, 0.25) is 4.96 Å². The molecule has 5 nitrogen and oxygen atoms in total. The summed E-state index contributed by atoms with van der Waals surface area (Å²) >= 11 is 1.74. The summed E-state index contributed by atoms with van der Waals surface area (Å²) in [6, 6.07) is 7.97. The quantitative estimate of drug-likeness (QED) is 0.683. The normalized spacial score (nSPS) is 11.5. The Bertz CT molecular complexity index is 772. The number of fused-ring (bicyclic) bond motifs is 1. The van der Waals surface area contributed by atoms with E-state index in [1.165, 1.54) is 30.8 Å². The number of quaternary nitrogens is 1. The van der Waals surface area contributed by atoms with Crippen LogP contribution in [0.15, 0.2) is 30.5 Å². The topological polar surface area (TPSA) is 43.9 Å². The number of benzene rings is 1. The smallest absolute Gasteiger partial charge is 0.216 e. The molecular weight excluding hydrogens is 320 g/mol. The third kappa shape index (κ3) is 3.60. The molecule has 1 N–H and O–H groups in total. The predicted octanol–water partition coefficient (Wildman–Crippen LogP) is 2.67. The minimum atomic E-state index is 0.851. The van der Waals surface area contributed by atoms with E-state index in [0.29, 0.717) is 0 Å². The van der Waals surface area contributed by atoms with Crippen LogP contribution in [0.25, 0.3) is 16.3 Å². The molecule has 2 heterocycles. The summed E-state index contributed by atoms with van der Waals surface area (Å²) in [5.41, 5.74) is 1.05. The molecule has 0 fully saturated rings. The number of hydrogen-bond donors (Lipinski definition) is 1. The zero-order chi connectivity index (χ0) is 16.9. The van der Waals surface area contributed by atoms with E-state index in [-0.39, 0.29) is 0 Å². The van der Waals surface area contributed by atoms with Gasteiger partial charge in [-0.25, -0.2) is 0 Å². The lowest BCUT2D eigenvalue weighted by molar-refractivity contribution is -0.913. The van der Waals surface area contributed by atoms with Gasteiger partial charge in [-0.2, -0.15) is 0 Å². The maximum Gasteiger partial charge on any atom is 0.216 e. The van der Waals surface area contributed by atoms with Crippen LogP contribution < -0.4 is 9.64 Å². The van der Waals surface area contributed by atoms with Gasteiger partial charge < -0.3 is 9.64 Å². The first-order valence-corrected chi connectivity index (χ1v) is 9.38. The standard InChI is InChI=1S/C18H24N4OS/c1-4-10-21(11-5-2)12-16-13-22-17(19-20-18(22)24-16)14-6-8-15(23-3)9-7-14/h6-9,13H,4-5,10-12H2,1-3H3/p+1. The maximum absolute atomic E-state index is 5.22. The number of hydrogen-bond acceptors (Lipinski definition) is 4. The van der Waals surface area contributed by atoms with Crippen molar-refractivity contribution in [2.24, 2.45) is 0 Å². The first kappa shape index (κ1) is 16.9. The number of thiazole rings is 1. The number of aromatic nitrogens is 3. The summed E-state index contributed by atoms with van der Waals surface area (Å²) in [6.45, 7) is 8.01. The molecule has 24 heavy (non-hydrogen) atoms. The Morgan fingerprint density at radius 1 is 1.08 bits per heavy atom. The Morgan fingerprint density at radius 2 is 1.79 bits per heavy atom. The van der Waals surface area contributed by atoms with Crippen LogP contribution in [0.5, 0.6) is 5.75 Å². The van der Waals surface area contributed by atoms with Crippen molar-refractivity contribution in [1.82, 2.24) is 14.6 Å². The SMILES string of the molecule is CCC[NH+](CCC)Cc1cn2c(-c3ccc(OC)cc3)nnc2s1. The summed E-state index contributed by atoms with van der Waals surface area (Å²) in [4.78, 5) is 3.97. The van der Waals surface area contributed by atoms with Crippen LogP contribution in [0, 0.1) is 0 Å². The minimum absolute atomic E-state index is 0.851. The first-order valence-electron chi connectivity index (χ1n) is 8.56. The van der Waals surface area contributed by atoms with Gasteiger partial charge in [0.1, 0.15) is 12.3 Å². The van der Waals surface area contributed by atoms with Gasteiger partial charge >= 0.3 is 0 Å². The van der Waals surface area contributed by atoms with Gasteiger partial charge in [-0.1, -0.05) is 25.2 Å². The molecule has 0 aliphatic rings. The zero-order valence-electron chi connectivity index (χ0n) is 14.6. The summed E-state index contributed by atoms with van der Waals surface area (Å²) in [5, 5.41) is 8.70. The summed E-state index contributed by atoms with van der Waals surface area (Å²) in [5.74, 6) is 1.74. The molecule has 0 aliphatic carbocycles. The first-order chi connectivity index (χ1) is 11.7. The van der Waals surface area contributed by atoms with Gasteiger partial charge in [-0.3, -0.25) is 4.40 Å².